The van der Waals surface area contributed by atoms with Gasteiger partial charge in [0.15, 0.2) is 0 Å². The van der Waals surface area contributed by atoms with E-state index in [1.807, 2.05) is 4.90 Å². The SMILES string of the molecule is CC[C@H](C)[C@@H](C(=O)N1CCOCC1)N1CCCC1=O.CNS(=O)(=O)CC(O)c1ccc(Cl)cc1. The molecule has 11 heteroatoms. The van der Waals surface area contributed by atoms with E-state index < -0.39 is 16.1 Å². The highest BCUT2D eigenvalue weighted by atomic mass is 35.5. The van der Waals surface area contributed by atoms with Crippen molar-refractivity contribution in [2.45, 2.75) is 45.3 Å². The summed E-state index contributed by atoms with van der Waals surface area (Å²) in [6, 6.07) is 6.12. The average Bonchev–Trinajstić information content (AvgIpc) is 3.25. The van der Waals surface area contributed by atoms with Crippen LogP contribution in [0.25, 0.3) is 0 Å². The molecule has 34 heavy (non-hydrogen) atoms. The third-order valence-corrected chi connectivity index (χ3v) is 7.78. The Hall–Kier alpha value is -1.72. The van der Waals surface area contributed by atoms with Gasteiger partial charge in [-0.15, -0.1) is 0 Å². The quantitative estimate of drug-likeness (QED) is 0.543. The number of benzene rings is 1. The van der Waals surface area contributed by atoms with Crippen molar-refractivity contribution in [1.82, 2.24) is 14.5 Å². The van der Waals surface area contributed by atoms with E-state index in [0.29, 0.717) is 43.3 Å². The van der Waals surface area contributed by atoms with E-state index in [9.17, 15) is 23.1 Å². The Labute approximate surface area is 207 Å². The minimum Gasteiger partial charge on any atom is -0.387 e. The van der Waals surface area contributed by atoms with Crippen LogP contribution in [0.15, 0.2) is 24.3 Å². The van der Waals surface area contributed by atoms with Gasteiger partial charge in [-0.25, -0.2) is 13.1 Å². The Balaban J connectivity index is 0.000000248. The second-order valence-corrected chi connectivity index (χ2v) is 10.9. The molecule has 2 saturated heterocycles. The number of nitrogens with one attached hydrogen (secondary N) is 1. The van der Waals surface area contributed by atoms with Crippen LogP contribution in [-0.2, 0) is 24.3 Å². The largest absolute Gasteiger partial charge is 0.387 e. The smallest absolute Gasteiger partial charge is 0.245 e. The summed E-state index contributed by atoms with van der Waals surface area (Å²) in [6.45, 7) is 7.37. The number of halogens is 1. The van der Waals surface area contributed by atoms with Crippen molar-refractivity contribution in [3.8, 4) is 0 Å². The predicted molar refractivity (Wildman–Crippen MR) is 131 cm³/mol. The molecule has 0 aromatic heterocycles. The van der Waals surface area contributed by atoms with E-state index >= 15 is 0 Å². The molecule has 1 aromatic carbocycles. The lowest BCUT2D eigenvalue weighted by Gasteiger charge is -2.37. The number of carbonyl (C=O) groups excluding carboxylic acids is 2. The number of morpholine rings is 1. The fourth-order valence-electron chi connectivity index (χ4n) is 3.91. The summed E-state index contributed by atoms with van der Waals surface area (Å²) in [5.41, 5.74) is 0.526. The molecule has 2 amide bonds. The van der Waals surface area contributed by atoms with Crippen molar-refractivity contribution >= 4 is 33.4 Å². The molecule has 2 heterocycles. The molecule has 192 valence electrons. The van der Waals surface area contributed by atoms with Crippen molar-refractivity contribution in [3.05, 3.63) is 34.9 Å². The third kappa shape index (κ3) is 8.20. The van der Waals surface area contributed by atoms with Crippen LogP contribution in [0.5, 0.6) is 0 Å². The van der Waals surface area contributed by atoms with Crippen LogP contribution >= 0.6 is 11.6 Å². The highest BCUT2D eigenvalue weighted by Crippen LogP contribution is 2.23. The Morgan fingerprint density at radius 3 is 2.32 bits per heavy atom. The first-order valence-electron chi connectivity index (χ1n) is 11.6. The molecule has 0 aliphatic carbocycles. The van der Waals surface area contributed by atoms with Gasteiger partial charge in [0, 0.05) is 31.1 Å². The zero-order valence-electron chi connectivity index (χ0n) is 20.1. The van der Waals surface area contributed by atoms with E-state index in [2.05, 4.69) is 18.6 Å². The lowest BCUT2D eigenvalue weighted by atomic mass is 9.96. The summed E-state index contributed by atoms with van der Waals surface area (Å²) >= 11 is 5.66. The van der Waals surface area contributed by atoms with Crippen molar-refractivity contribution < 1.29 is 27.9 Å². The standard InChI is InChI=1S/C14H24N2O3.C9H12ClNO3S/c1-3-11(2)13(16-6-4-5-12(16)17)14(18)15-7-9-19-10-8-15;1-11-15(13,14)6-9(12)7-2-4-8(10)5-3-7/h11,13H,3-10H2,1-2H3;2-5,9,11-12H,6H2,1H3/t11-,13-;/m0./s1. The highest BCUT2D eigenvalue weighted by Gasteiger charge is 2.38. The lowest BCUT2D eigenvalue weighted by molar-refractivity contribution is -0.148. The van der Waals surface area contributed by atoms with Gasteiger partial charge in [0.25, 0.3) is 0 Å². The molecule has 9 nitrogen and oxygen atoms in total. The van der Waals surface area contributed by atoms with Gasteiger partial charge in [0.1, 0.15) is 6.04 Å². The minimum atomic E-state index is -3.41. The fraction of sp³-hybridized carbons (Fsp3) is 0.652. The molecule has 2 fully saturated rings. The van der Waals surface area contributed by atoms with Crippen LogP contribution in [-0.4, -0.2) is 86.8 Å². The lowest BCUT2D eigenvalue weighted by Crippen LogP contribution is -2.54. The molecule has 2 aliphatic rings. The molecule has 1 aromatic rings. The van der Waals surface area contributed by atoms with Gasteiger partial charge in [-0.05, 0) is 37.1 Å². The first-order valence-corrected chi connectivity index (χ1v) is 13.6. The van der Waals surface area contributed by atoms with Crippen LogP contribution in [0.1, 0.15) is 44.8 Å². The van der Waals surface area contributed by atoms with E-state index in [1.165, 1.54) is 7.05 Å². The van der Waals surface area contributed by atoms with Gasteiger partial charge < -0.3 is 19.6 Å². The number of ether oxygens (including phenoxy) is 1. The second-order valence-electron chi connectivity index (χ2n) is 8.51. The average molecular weight is 518 g/mol. The molecule has 2 N–H and O–H groups in total. The molecule has 3 atom stereocenters. The summed E-state index contributed by atoms with van der Waals surface area (Å²) in [4.78, 5) is 28.3. The second kappa shape index (κ2) is 13.4. The Kier molecular flexibility index (Phi) is 11.2. The van der Waals surface area contributed by atoms with Crippen LogP contribution in [0.4, 0.5) is 0 Å². The molecular weight excluding hydrogens is 482 g/mol. The number of nitrogens with zero attached hydrogens (tertiary/aromatic N) is 2. The number of aliphatic hydroxyl groups excluding tert-OH is 1. The molecule has 3 rings (SSSR count). The summed E-state index contributed by atoms with van der Waals surface area (Å²) in [7, 11) is -2.10. The Bertz CT molecular complexity index is 906. The number of aliphatic hydroxyl groups is 1. The van der Waals surface area contributed by atoms with Crippen LogP contribution < -0.4 is 4.72 Å². The topological polar surface area (TPSA) is 116 Å². The number of hydrogen-bond acceptors (Lipinski definition) is 6. The summed E-state index contributed by atoms with van der Waals surface area (Å²) < 4.78 is 29.7. The van der Waals surface area contributed by atoms with Gasteiger partial charge in [-0.3, -0.25) is 9.59 Å². The van der Waals surface area contributed by atoms with Gasteiger partial charge in [0.2, 0.25) is 21.8 Å². The number of likely N-dealkylation sites (tertiary alicyclic amines) is 1. The van der Waals surface area contributed by atoms with Crippen molar-refractivity contribution in [2.75, 3.05) is 45.6 Å². The maximum Gasteiger partial charge on any atom is 0.245 e. The number of hydrogen-bond donors (Lipinski definition) is 2. The van der Waals surface area contributed by atoms with Gasteiger partial charge in [0.05, 0.1) is 25.1 Å². The number of sulfonamides is 1. The monoisotopic (exact) mass is 517 g/mol. The molecule has 0 saturated carbocycles. The van der Waals surface area contributed by atoms with E-state index in [-0.39, 0.29) is 29.5 Å². The summed E-state index contributed by atoms with van der Waals surface area (Å²) in [5.74, 6) is 0.0858. The highest BCUT2D eigenvalue weighted by molar-refractivity contribution is 7.89. The predicted octanol–water partition coefficient (Wildman–Crippen LogP) is 1.80. The minimum absolute atomic E-state index is 0.105. The molecule has 0 bridgehead atoms. The first kappa shape index (κ1) is 28.5. The third-order valence-electron chi connectivity index (χ3n) is 6.15. The fourth-order valence-corrected chi connectivity index (χ4v) is 4.81. The maximum absolute atomic E-state index is 12.7. The van der Waals surface area contributed by atoms with Gasteiger partial charge in [-0.1, -0.05) is 44.0 Å². The normalized spacial score (nSPS) is 19.3. The van der Waals surface area contributed by atoms with E-state index in [1.54, 1.807) is 29.2 Å². The van der Waals surface area contributed by atoms with E-state index in [0.717, 1.165) is 19.4 Å². The van der Waals surface area contributed by atoms with Crippen LogP contribution in [0, 0.1) is 5.92 Å². The first-order chi connectivity index (χ1) is 16.1. The van der Waals surface area contributed by atoms with Gasteiger partial charge in [-0.2, -0.15) is 0 Å². The molecule has 2 aliphatic heterocycles. The van der Waals surface area contributed by atoms with Crippen molar-refractivity contribution in [1.29, 1.82) is 0 Å². The van der Waals surface area contributed by atoms with Crippen LogP contribution in [0.2, 0.25) is 5.02 Å². The maximum atomic E-state index is 12.7. The zero-order valence-corrected chi connectivity index (χ0v) is 21.6. The van der Waals surface area contributed by atoms with E-state index in [4.69, 9.17) is 16.3 Å². The molecule has 0 radical (unpaired) electrons. The van der Waals surface area contributed by atoms with Crippen LogP contribution in [0.3, 0.4) is 0 Å². The number of rotatable bonds is 8. The van der Waals surface area contributed by atoms with Crippen molar-refractivity contribution in [3.63, 3.8) is 0 Å². The Morgan fingerprint density at radius 2 is 1.82 bits per heavy atom. The summed E-state index contributed by atoms with van der Waals surface area (Å²) in [6.07, 6.45) is 1.33. The molecule has 1 unspecified atom stereocenters. The summed E-state index contributed by atoms with van der Waals surface area (Å²) in [5, 5.41) is 10.2. The van der Waals surface area contributed by atoms with Gasteiger partial charge >= 0.3 is 0 Å². The Morgan fingerprint density at radius 1 is 1.21 bits per heavy atom. The zero-order chi connectivity index (χ0) is 25.3. The number of amides is 2. The molecule has 0 spiro atoms. The molecular formula is C23H36ClN3O6S. The van der Waals surface area contributed by atoms with Crippen molar-refractivity contribution in [2.24, 2.45) is 5.92 Å². The number of carbonyl (C=O) groups is 2.